The average molecular weight is 304 g/mol. The highest BCUT2D eigenvalue weighted by molar-refractivity contribution is 6.30. The van der Waals surface area contributed by atoms with Crippen LogP contribution < -0.4 is 4.74 Å². The number of likely N-dealkylation sites (N-methyl/N-ethyl adjacent to an activating group) is 1. The Bertz CT molecular complexity index is 610. The summed E-state index contributed by atoms with van der Waals surface area (Å²) >= 11 is 5.83. The fraction of sp³-hybridized carbons (Fsp3) is 0.235. The van der Waals surface area contributed by atoms with Crippen LogP contribution in [-0.4, -0.2) is 31.4 Å². The molecule has 0 saturated heterocycles. The van der Waals surface area contributed by atoms with E-state index in [0.29, 0.717) is 23.7 Å². The van der Waals surface area contributed by atoms with Crippen LogP contribution in [0.5, 0.6) is 5.75 Å². The molecule has 0 amide bonds. The summed E-state index contributed by atoms with van der Waals surface area (Å²) in [6.07, 6.45) is 0. The first kappa shape index (κ1) is 15.5. The molecule has 0 atom stereocenters. The van der Waals surface area contributed by atoms with E-state index in [-0.39, 0.29) is 5.78 Å². The second-order valence-corrected chi connectivity index (χ2v) is 5.35. The minimum atomic E-state index is 0.0732. The Balaban J connectivity index is 1.99. The largest absolute Gasteiger partial charge is 0.496 e. The van der Waals surface area contributed by atoms with Gasteiger partial charge in [-0.3, -0.25) is 9.69 Å². The molecule has 0 aromatic heterocycles. The zero-order valence-corrected chi connectivity index (χ0v) is 12.9. The Kier molecular flexibility index (Phi) is 5.37. The normalized spacial score (nSPS) is 10.7. The molecular formula is C17H18ClNO2. The van der Waals surface area contributed by atoms with Gasteiger partial charge in [0.2, 0.25) is 0 Å². The van der Waals surface area contributed by atoms with E-state index in [1.807, 2.05) is 36.2 Å². The number of Topliss-reactive ketones (excluding diaryl/α,β-unsaturated/α-hetero) is 1. The van der Waals surface area contributed by atoms with Crippen molar-refractivity contribution in [2.75, 3.05) is 20.7 Å². The molecule has 2 rings (SSSR count). The van der Waals surface area contributed by atoms with Crippen molar-refractivity contribution in [3.05, 3.63) is 64.7 Å². The summed E-state index contributed by atoms with van der Waals surface area (Å²) in [5.74, 6) is 0.910. The first-order chi connectivity index (χ1) is 10.1. The van der Waals surface area contributed by atoms with Gasteiger partial charge in [0.1, 0.15) is 5.75 Å². The van der Waals surface area contributed by atoms with E-state index in [9.17, 15) is 4.79 Å². The van der Waals surface area contributed by atoms with Crippen molar-refractivity contribution in [1.29, 1.82) is 0 Å². The quantitative estimate of drug-likeness (QED) is 0.763. The summed E-state index contributed by atoms with van der Waals surface area (Å²) in [7, 11) is 3.57. The third-order valence-corrected chi connectivity index (χ3v) is 3.46. The molecule has 0 bridgehead atoms. The Morgan fingerprint density at radius 1 is 1.14 bits per heavy atom. The third kappa shape index (κ3) is 4.31. The summed E-state index contributed by atoms with van der Waals surface area (Å²) in [6.45, 7) is 1.00. The highest BCUT2D eigenvalue weighted by atomic mass is 35.5. The molecule has 3 nitrogen and oxygen atoms in total. The summed E-state index contributed by atoms with van der Waals surface area (Å²) < 4.78 is 5.32. The van der Waals surface area contributed by atoms with Gasteiger partial charge in [-0.05, 0) is 37.4 Å². The Morgan fingerprint density at radius 2 is 1.81 bits per heavy atom. The van der Waals surface area contributed by atoms with Gasteiger partial charge < -0.3 is 4.74 Å². The number of halogens is 1. The molecule has 2 aromatic rings. The molecule has 0 saturated carbocycles. The summed E-state index contributed by atoms with van der Waals surface area (Å²) in [4.78, 5) is 14.2. The molecular weight excluding hydrogens is 286 g/mol. The van der Waals surface area contributed by atoms with E-state index < -0.39 is 0 Å². The maximum Gasteiger partial charge on any atom is 0.176 e. The van der Waals surface area contributed by atoms with E-state index in [0.717, 1.165) is 11.3 Å². The van der Waals surface area contributed by atoms with E-state index in [4.69, 9.17) is 16.3 Å². The van der Waals surface area contributed by atoms with Gasteiger partial charge in [-0.1, -0.05) is 29.8 Å². The lowest BCUT2D eigenvalue weighted by Crippen LogP contribution is -2.25. The molecule has 0 radical (unpaired) electrons. The predicted octanol–water partition coefficient (Wildman–Crippen LogP) is 3.66. The van der Waals surface area contributed by atoms with E-state index in [1.54, 1.807) is 31.4 Å². The van der Waals surface area contributed by atoms with Crippen LogP contribution in [0.1, 0.15) is 15.9 Å². The van der Waals surface area contributed by atoms with Crippen LogP contribution in [0.2, 0.25) is 5.02 Å². The van der Waals surface area contributed by atoms with Crippen LogP contribution in [0.25, 0.3) is 0 Å². The number of methoxy groups -OCH3 is 1. The number of carbonyl (C=O) groups is 1. The van der Waals surface area contributed by atoms with Gasteiger partial charge in [-0.25, -0.2) is 0 Å². The number of ketones is 1. The van der Waals surface area contributed by atoms with Gasteiger partial charge in [0, 0.05) is 22.7 Å². The van der Waals surface area contributed by atoms with Gasteiger partial charge in [0.25, 0.3) is 0 Å². The highest BCUT2D eigenvalue weighted by Crippen LogP contribution is 2.19. The van der Waals surface area contributed by atoms with Crippen LogP contribution in [0.4, 0.5) is 0 Å². The maximum absolute atomic E-state index is 12.2. The molecule has 0 fully saturated rings. The molecule has 0 heterocycles. The van der Waals surface area contributed by atoms with Crippen LogP contribution in [0, 0.1) is 0 Å². The van der Waals surface area contributed by atoms with Gasteiger partial charge in [0.05, 0.1) is 13.7 Å². The van der Waals surface area contributed by atoms with Crippen molar-refractivity contribution in [3.63, 3.8) is 0 Å². The smallest absolute Gasteiger partial charge is 0.176 e. The molecule has 110 valence electrons. The Hall–Kier alpha value is -1.84. The topological polar surface area (TPSA) is 29.5 Å². The first-order valence-electron chi connectivity index (χ1n) is 6.69. The van der Waals surface area contributed by atoms with E-state index in [1.165, 1.54) is 0 Å². The number of para-hydroxylation sites is 1. The van der Waals surface area contributed by atoms with Gasteiger partial charge in [0.15, 0.2) is 5.78 Å². The maximum atomic E-state index is 12.2. The minimum absolute atomic E-state index is 0.0732. The Labute approximate surface area is 130 Å². The fourth-order valence-corrected chi connectivity index (χ4v) is 2.28. The lowest BCUT2D eigenvalue weighted by molar-refractivity contribution is 0.0942. The number of ether oxygens (including phenoxy) is 1. The first-order valence-corrected chi connectivity index (χ1v) is 7.07. The van der Waals surface area contributed by atoms with Gasteiger partial charge in [-0.2, -0.15) is 0 Å². The lowest BCUT2D eigenvalue weighted by atomic mass is 10.1. The Morgan fingerprint density at radius 3 is 2.48 bits per heavy atom. The van der Waals surface area contributed by atoms with Crippen molar-refractivity contribution >= 4 is 17.4 Å². The van der Waals surface area contributed by atoms with Crippen molar-refractivity contribution in [2.24, 2.45) is 0 Å². The predicted molar refractivity (Wildman–Crippen MR) is 85.1 cm³/mol. The monoisotopic (exact) mass is 303 g/mol. The number of carbonyl (C=O) groups excluding carboxylic acids is 1. The second kappa shape index (κ2) is 7.25. The van der Waals surface area contributed by atoms with Gasteiger partial charge in [-0.15, -0.1) is 0 Å². The van der Waals surface area contributed by atoms with Crippen LogP contribution in [0.15, 0.2) is 48.5 Å². The minimum Gasteiger partial charge on any atom is -0.496 e. The van der Waals surface area contributed by atoms with Gasteiger partial charge >= 0.3 is 0 Å². The van der Waals surface area contributed by atoms with Crippen LogP contribution in [0.3, 0.4) is 0 Å². The molecule has 0 aliphatic rings. The molecule has 0 spiro atoms. The number of rotatable bonds is 6. The lowest BCUT2D eigenvalue weighted by Gasteiger charge is -2.17. The van der Waals surface area contributed by atoms with Crippen molar-refractivity contribution in [3.8, 4) is 5.75 Å². The van der Waals surface area contributed by atoms with Crippen molar-refractivity contribution < 1.29 is 9.53 Å². The van der Waals surface area contributed by atoms with E-state index in [2.05, 4.69) is 0 Å². The summed E-state index contributed by atoms with van der Waals surface area (Å²) in [5.41, 5.74) is 1.73. The number of hydrogen-bond acceptors (Lipinski definition) is 3. The average Bonchev–Trinajstić information content (AvgIpc) is 2.48. The standard InChI is InChI=1S/C17H18ClNO2/c1-19(11-14-5-3-4-6-17(14)21-2)12-16(20)13-7-9-15(18)10-8-13/h3-10H,11-12H2,1-2H3. The molecule has 0 unspecified atom stereocenters. The third-order valence-electron chi connectivity index (χ3n) is 3.21. The van der Waals surface area contributed by atoms with Crippen molar-refractivity contribution in [1.82, 2.24) is 4.90 Å². The van der Waals surface area contributed by atoms with Crippen LogP contribution in [-0.2, 0) is 6.54 Å². The molecule has 2 aromatic carbocycles. The molecule has 4 heteroatoms. The molecule has 21 heavy (non-hydrogen) atoms. The van der Waals surface area contributed by atoms with Crippen LogP contribution >= 0.6 is 11.6 Å². The number of hydrogen-bond donors (Lipinski definition) is 0. The zero-order valence-electron chi connectivity index (χ0n) is 12.2. The SMILES string of the molecule is COc1ccccc1CN(C)CC(=O)c1ccc(Cl)cc1. The number of nitrogens with zero attached hydrogens (tertiary/aromatic N) is 1. The number of benzene rings is 2. The molecule has 0 N–H and O–H groups in total. The molecule has 0 aliphatic heterocycles. The van der Waals surface area contributed by atoms with E-state index >= 15 is 0 Å². The summed E-state index contributed by atoms with van der Waals surface area (Å²) in [5, 5.41) is 0.633. The zero-order chi connectivity index (χ0) is 15.2. The second-order valence-electron chi connectivity index (χ2n) is 4.91. The fourth-order valence-electron chi connectivity index (χ4n) is 2.15. The highest BCUT2D eigenvalue weighted by Gasteiger charge is 2.11. The molecule has 0 aliphatic carbocycles. The van der Waals surface area contributed by atoms with Crippen molar-refractivity contribution in [2.45, 2.75) is 6.54 Å². The summed E-state index contributed by atoms with van der Waals surface area (Å²) in [6, 6.07) is 14.8.